The van der Waals surface area contributed by atoms with Crippen molar-refractivity contribution >= 4 is 41.5 Å². The van der Waals surface area contributed by atoms with Gasteiger partial charge < -0.3 is 15.4 Å². The molecule has 2 aliphatic rings. The summed E-state index contributed by atoms with van der Waals surface area (Å²) in [6.07, 6.45) is 2.38. The van der Waals surface area contributed by atoms with Crippen molar-refractivity contribution in [3.8, 4) is 0 Å². The van der Waals surface area contributed by atoms with Gasteiger partial charge in [0.25, 0.3) is 0 Å². The van der Waals surface area contributed by atoms with Crippen LogP contribution >= 0.6 is 35.6 Å². The summed E-state index contributed by atoms with van der Waals surface area (Å²) in [5.41, 5.74) is 1.58. The van der Waals surface area contributed by atoms with Crippen LogP contribution in [0.4, 0.5) is 0 Å². The number of ether oxygens (including phenoxy) is 1. The number of nitrogens with one attached hydrogen (secondary N) is 2. The highest BCUT2D eigenvalue weighted by Crippen LogP contribution is 2.48. The lowest BCUT2D eigenvalue weighted by Gasteiger charge is -2.41. The van der Waals surface area contributed by atoms with Crippen molar-refractivity contribution in [3.05, 3.63) is 34.9 Å². The minimum atomic E-state index is 0. The molecule has 2 fully saturated rings. The SMILES string of the molecule is CN=C(NCC1(c2cccc(Cl)c2)CC1)NCC(C)(C)N1CCOCC1.I. The Balaban J connectivity index is 0.00000261. The van der Waals surface area contributed by atoms with Crippen LogP contribution in [0.25, 0.3) is 0 Å². The van der Waals surface area contributed by atoms with Gasteiger partial charge >= 0.3 is 0 Å². The van der Waals surface area contributed by atoms with Gasteiger partial charge in [-0.25, -0.2) is 0 Å². The number of halogens is 2. The van der Waals surface area contributed by atoms with Gasteiger partial charge in [0.15, 0.2) is 5.96 Å². The fourth-order valence-corrected chi connectivity index (χ4v) is 3.78. The number of morpholine rings is 1. The van der Waals surface area contributed by atoms with E-state index in [1.54, 1.807) is 0 Å². The lowest BCUT2D eigenvalue weighted by Crippen LogP contribution is -2.56. The van der Waals surface area contributed by atoms with Crippen molar-refractivity contribution in [2.24, 2.45) is 4.99 Å². The van der Waals surface area contributed by atoms with E-state index in [9.17, 15) is 0 Å². The van der Waals surface area contributed by atoms with Crippen LogP contribution in [0.5, 0.6) is 0 Å². The maximum absolute atomic E-state index is 6.17. The lowest BCUT2D eigenvalue weighted by atomic mass is 9.96. The predicted octanol–water partition coefficient (Wildman–Crippen LogP) is 3.27. The summed E-state index contributed by atoms with van der Waals surface area (Å²) >= 11 is 6.17. The zero-order chi connectivity index (χ0) is 18.6. The number of hydrogen-bond donors (Lipinski definition) is 2. The van der Waals surface area contributed by atoms with E-state index < -0.39 is 0 Å². The van der Waals surface area contributed by atoms with Crippen molar-refractivity contribution in [2.45, 2.75) is 37.6 Å². The van der Waals surface area contributed by atoms with Crippen LogP contribution < -0.4 is 10.6 Å². The van der Waals surface area contributed by atoms with Gasteiger partial charge in [0.1, 0.15) is 0 Å². The molecule has 0 aromatic heterocycles. The molecule has 0 spiro atoms. The normalized spacial score (nSPS) is 19.9. The van der Waals surface area contributed by atoms with E-state index >= 15 is 0 Å². The molecule has 0 atom stereocenters. The molecule has 0 bridgehead atoms. The van der Waals surface area contributed by atoms with Crippen LogP contribution in [0, 0.1) is 0 Å². The van der Waals surface area contributed by atoms with Crippen LogP contribution in [0.1, 0.15) is 32.3 Å². The van der Waals surface area contributed by atoms with Gasteiger partial charge in [0, 0.05) is 49.2 Å². The quantitative estimate of drug-likeness (QED) is 0.353. The summed E-state index contributed by atoms with van der Waals surface area (Å²) in [4.78, 5) is 6.88. The Morgan fingerprint density at radius 3 is 2.56 bits per heavy atom. The van der Waals surface area contributed by atoms with Gasteiger partial charge in [0.05, 0.1) is 13.2 Å². The fourth-order valence-electron chi connectivity index (χ4n) is 3.59. The summed E-state index contributed by atoms with van der Waals surface area (Å²) in [5.74, 6) is 0.861. The maximum atomic E-state index is 6.17. The van der Waals surface area contributed by atoms with Crippen molar-refractivity contribution in [3.63, 3.8) is 0 Å². The molecular formula is C20H32ClIN4O. The van der Waals surface area contributed by atoms with E-state index in [1.807, 2.05) is 19.2 Å². The third-order valence-corrected chi connectivity index (χ3v) is 5.90. The number of hydrogen-bond acceptors (Lipinski definition) is 3. The van der Waals surface area contributed by atoms with Crippen molar-refractivity contribution in [2.75, 3.05) is 46.4 Å². The van der Waals surface area contributed by atoms with Crippen LogP contribution in [0.15, 0.2) is 29.3 Å². The highest BCUT2D eigenvalue weighted by atomic mass is 127. The Morgan fingerprint density at radius 1 is 1.26 bits per heavy atom. The second kappa shape index (κ2) is 9.76. The number of aliphatic imine (C=N–C) groups is 1. The van der Waals surface area contributed by atoms with E-state index in [4.69, 9.17) is 16.3 Å². The molecule has 5 nitrogen and oxygen atoms in total. The number of nitrogens with zero attached hydrogens (tertiary/aromatic N) is 2. The first kappa shape index (κ1) is 22.7. The van der Waals surface area contributed by atoms with Gasteiger partial charge in [-0.3, -0.25) is 9.89 Å². The molecule has 7 heteroatoms. The monoisotopic (exact) mass is 506 g/mol. The molecule has 0 unspecified atom stereocenters. The highest BCUT2D eigenvalue weighted by molar-refractivity contribution is 14.0. The number of benzene rings is 1. The number of rotatable bonds is 6. The van der Waals surface area contributed by atoms with Crippen molar-refractivity contribution in [1.82, 2.24) is 15.5 Å². The van der Waals surface area contributed by atoms with Gasteiger partial charge in [0.2, 0.25) is 0 Å². The smallest absolute Gasteiger partial charge is 0.191 e. The Hall–Kier alpha value is -0.570. The maximum Gasteiger partial charge on any atom is 0.191 e. The van der Waals surface area contributed by atoms with E-state index in [0.29, 0.717) is 0 Å². The molecule has 1 heterocycles. The molecule has 1 aliphatic carbocycles. The van der Waals surface area contributed by atoms with E-state index in [2.05, 4.69) is 46.5 Å². The molecule has 1 aromatic rings. The van der Waals surface area contributed by atoms with Gasteiger partial charge in [-0.2, -0.15) is 0 Å². The second-order valence-corrected chi connectivity index (χ2v) is 8.42. The zero-order valence-electron chi connectivity index (χ0n) is 16.6. The van der Waals surface area contributed by atoms with E-state index in [1.165, 1.54) is 18.4 Å². The molecule has 0 radical (unpaired) electrons. The average molecular weight is 507 g/mol. The minimum Gasteiger partial charge on any atom is -0.379 e. The summed E-state index contributed by atoms with van der Waals surface area (Å²) in [7, 11) is 1.83. The Morgan fingerprint density at radius 2 is 1.96 bits per heavy atom. The average Bonchev–Trinajstić information content (AvgIpc) is 3.44. The summed E-state index contributed by atoms with van der Waals surface area (Å²) in [6.45, 7) is 9.87. The van der Waals surface area contributed by atoms with Gasteiger partial charge in [-0.05, 0) is 44.4 Å². The first-order valence-electron chi connectivity index (χ1n) is 9.49. The topological polar surface area (TPSA) is 48.9 Å². The third kappa shape index (κ3) is 5.95. The molecule has 1 saturated carbocycles. The first-order valence-corrected chi connectivity index (χ1v) is 9.86. The summed E-state index contributed by atoms with van der Waals surface area (Å²) in [5, 5.41) is 7.83. The fraction of sp³-hybridized carbons (Fsp3) is 0.650. The predicted molar refractivity (Wildman–Crippen MR) is 124 cm³/mol. The Labute approximate surface area is 185 Å². The van der Waals surface area contributed by atoms with E-state index in [-0.39, 0.29) is 34.9 Å². The largest absolute Gasteiger partial charge is 0.379 e. The van der Waals surface area contributed by atoms with Crippen LogP contribution in [0.3, 0.4) is 0 Å². The second-order valence-electron chi connectivity index (χ2n) is 7.98. The van der Waals surface area contributed by atoms with Gasteiger partial charge in [-0.1, -0.05) is 23.7 Å². The van der Waals surface area contributed by atoms with Crippen molar-refractivity contribution < 1.29 is 4.74 Å². The molecule has 1 aromatic carbocycles. The standard InChI is InChI=1S/C20H31ClN4O.HI/c1-19(2,25-9-11-26-12-10-25)14-23-18(22-3)24-15-20(7-8-20)16-5-4-6-17(21)13-16;/h4-6,13H,7-12,14-15H2,1-3H3,(H2,22,23,24);1H. The molecule has 1 aliphatic heterocycles. The molecule has 27 heavy (non-hydrogen) atoms. The van der Waals surface area contributed by atoms with Crippen molar-refractivity contribution in [1.29, 1.82) is 0 Å². The first-order chi connectivity index (χ1) is 12.5. The van der Waals surface area contributed by atoms with Gasteiger partial charge in [-0.15, -0.1) is 24.0 Å². The Kier molecular flexibility index (Phi) is 8.21. The Bertz CT molecular complexity index is 643. The molecule has 1 saturated heterocycles. The van der Waals surface area contributed by atoms with Crippen LogP contribution in [0.2, 0.25) is 5.02 Å². The summed E-state index contributed by atoms with van der Waals surface area (Å²) in [6, 6.07) is 8.24. The number of guanidine groups is 1. The summed E-state index contributed by atoms with van der Waals surface area (Å²) < 4.78 is 5.47. The van der Waals surface area contributed by atoms with E-state index in [0.717, 1.165) is 50.4 Å². The van der Waals surface area contributed by atoms with Crippen LogP contribution in [-0.4, -0.2) is 62.8 Å². The minimum absolute atomic E-state index is 0. The molecule has 2 N–H and O–H groups in total. The molecule has 3 rings (SSSR count). The molecule has 152 valence electrons. The zero-order valence-corrected chi connectivity index (χ0v) is 19.6. The van der Waals surface area contributed by atoms with Crippen LogP contribution in [-0.2, 0) is 10.2 Å². The molecule has 0 amide bonds. The highest BCUT2D eigenvalue weighted by Gasteiger charge is 2.44. The third-order valence-electron chi connectivity index (χ3n) is 5.66. The molecular weight excluding hydrogens is 475 g/mol. The lowest BCUT2D eigenvalue weighted by molar-refractivity contribution is -0.00834.